The van der Waals surface area contributed by atoms with Crippen LogP contribution in [0.4, 0.5) is 19.3 Å². The topological polar surface area (TPSA) is 32.3 Å². The molecule has 0 aliphatic rings. The molecule has 1 aromatic rings. The van der Waals surface area contributed by atoms with Gasteiger partial charge >= 0.3 is 6.03 Å². The molecule has 0 radical (unpaired) electrons. The van der Waals surface area contributed by atoms with E-state index in [0.717, 1.165) is 6.07 Å². The van der Waals surface area contributed by atoms with Crippen molar-refractivity contribution < 1.29 is 13.6 Å². The van der Waals surface area contributed by atoms with Gasteiger partial charge in [0, 0.05) is 20.2 Å². The zero-order valence-corrected chi connectivity index (χ0v) is 10.3. The summed E-state index contributed by atoms with van der Waals surface area (Å²) in [7, 11) is 3.09. The second kappa shape index (κ2) is 5.12. The Labute approximate surface area is 99.4 Å². The number of carbonyl (C=O) groups excluding carboxylic acids is 1. The Morgan fingerprint density at radius 2 is 1.88 bits per heavy atom. The summed E-state index contributed by atoms with van der Waals surface area (Å²) in [6.45, 7) is 3.61. The van der Waals surface area contributed by atoms with E-state index in [2.05, 4.69) is 5.32 Å². The standard InChI is InChI=1S/C12H16F2N2O/c1-7(2)9-5-8(13)6-10(14)11(9)15-12(17)16(3)4/h5-7H,1-4H3,(H,15,17). The second-order valence-corrected chi connectivity index (χ2v) is 4.33. The Balaban J connectivity index is 3.17. The zero-order chi connectivity index (χ0) is 13.2. The van der Waals surface area contributed by atoms with E-state index in [9.17, 15) is 13.6 Å². The Hall–Kier alpha value is -1.65. The molecule has 0 unspecified atom stereocenters. The van der Waals surface area contributed by atoms with Crippen molar-refractivity contribution in [1.82, 2.24) is 4.90 Å². The van der Waals surface area contributed by atoms with Crippen molar-refractivity contribution in [2.45, 2.75) is 19.8 Å². The van der Waals surface area contributed by atoms with Crippen LogP contribution in [0.25, 0.3) is 0 Å². The zero-order valence-electron chi connectivity index (χ0n) is 10.3. The number of rotatable bonds is 2. The van der Waals surface area contributed by atoms with Crippen LogP contribution in [0.5, 0.6) is 0 Å². The number of hydrogen-bond acceptors (Lipinski definition) is 1. The van der Waals surface area contributed by atoms with Crippen LogP contribution in [0.15, 0.2) is 12.1 Å². The number of hydrogen-bond donors (Lipinski definition) is 1. The molecule has 1 N–H and O–H groups in total. The molecule has 5 heteroatoms. The van der Waals surface area contributed by atoms with E-state index in [-0.39, 0.29) is 11.6 Å². The summed E-state index contributed by atoms with van der Waals surface area (Å²) in [4.78, 5) is 12.8. The molecule has 0 heterocycles. The van der Waals surface area contributed by atoms with Crippen molar-refractivity contribution in [1.29, 1.82) is 0 Å². The Morgan fingerprint density at radius 1 is 1.29 bits per heavy atom. The van der Waals surface area contributed by atoms with Gasteiger partial charge in [-0.25, -0.2) is 13.6 Å². The molecule has 0 spiro atoms. The minimum absolute atomic E-state index is 0.0418. The highest BCUT2D eigenvalue weighted by Crippen LogP contribution is 2.28. The smallest absolute Gasteiger partial charge is 0.321 e. The van der Waals surface area contributed by atoms with Gasteiger partial charge in [0.1, 0.15) is 11.6 Å². The quantitative estimate of drug-likeness (QED) is 0.848. The van der Waals surface area contributed by atoms with Crippen LogP contribution in [-0.4, -0.2) is 25.0 Å². The molecule has 1 aromatic carbocycles. The van der Waals surface area contributed by atoms with E-state index in [1.165, 1.54) is 11.0 Å². The first-order valence-corrected chi connectivity index (χ1v) is 5.30. The number of nitrogens with zero attached hydrogens (tertiary/aromatic N) is 1. The SMILES string of the molecule is CC(C)c1cc(F)cc(F)c1NC(=O)N(C)C. The first-order chi connectivity index (χ1) is 7.82. The van der Waals surface area contributed by atoms with Crippen LogP contribution >= 0.6 is 0 Å². The lowest BCUT2D eigenvalue weighted by Crippen LogP contribution is -2.28. The molecule has 3 nitrogen and oxygen atoms in total. The van der Waals surface area contributed by atoms with E-state index < -0.39 is 17.7 Å². The molecule has 0 aromatic heterocycles. The molecule has 94 valence electrons. The van der Waals surface area contributed by atoms with Crippen LogP contribution in [0.3, 0.4) is 0 Å². The number of carbonyl (C=O) groups is 1. The lowest BCUT2D eigenvalue weighted by Gasteiger charge is -2.17. The molecule has 0 atom stereocenters. The van der Waals surface area contributed by atoms with Gasteiger partial charge in [0.25, 0.3) is 0 Å². The fourth-order valence-corrected chi connectivity index (χ4v) is 1.40. The molecular formula is C12H16F2N2O. The molecule has 0 aliphatic carbocycles. The number of benzene rings is 1. The Morgan fingerprint density at radius 3 is 2.35 bits per heavy atom. The maximum absolute atomic E-state index is 13.6. The fourth-order valence-electron chi connectivity index (χ4n) is 1.40. The average molecular weight is 242 g/mol. The van der Waals surface area contributed by atoms with Crippen molar-refractivity contribution in [3.8, 4) is 0 Å². The largest absolute Gasteiger partial charge is 0.331 e. The van der Waals surface area contributed by atoms with Crippen molar-refractivity contribution in [3.05, 3.63) is 29.3 Å². The molecule has 0 saturated heterocycles. The van der Waals surface area contributed by atoms with Crippen LogP contribution < -0.4 is 5.32 Å². The molecule has 0 bridgehead atoms. The van der Waals surface area contributed by atoms with Crippen LogP contribution in [0, 0.1) is 11.6 Å². The summed E-state index contributed by atoms with van der Waals surface area (Å²) in [5.41, 5.74) is 0.484. The highest BCUT2D eigenvalue weighted by atomic mass is 19.1. The van der Waals surface area contributed by atoms with Crippen molar-refractivity contribution in [2.75, 3.05) is 19.4 Å². The van der Waals surface area contributed by atoms with Gasteiger partial charge in [0.05, 0.1) is 5.69 Å². The molecule has 1 rings (SSSR count). The predicted octanol–water partition coefficient (Wildman–Crippen LogP) is 3.18. The van der Waals surface area contributed by atoms with Gasteiger partial charge < -0.3 is 10.2 Å². The molecular weight excluding hydrogens is 226 g/mol. The third-order valence-corrected chi connectivity index (χ3v) is 2.35. The number of anilines is 1. The van der Waals surface area contributed by atoms with Crippen LogP contribution in [0.1, 0.15) is 25.3 Å². The first kappa shape index (κ1) is 13.4. The van der Waals surface area contributed by atoms with Gasteiger partial charge in [-0.2, -0.15) is 0 Å². The van der Waals surface area contributed by atoms with E-state index >= 15 is 0 Å². The highest BCUT2D eigenvalue weighted by molar-refractivity contribution is 5.90. The van der Waals surface area contributed by atoms with Crippen molar-refractivity contribution >= 4 is 11.7 Å². The van der Waals surface area contributed by atoms with Crippen LogP contribution in [0.2, 0.25) is 0 Å². The summed E-state index contributed by atoms with van der Waals surface area (Å²) < 4.78 is 26.7. The monoisotopic (exact) mass is 242 g/mol. The van der Waals surface area contributed by atoms with E-state index in [1.54, 1.807) is 27.9 Å². The van der Waals surface area contributed by atoms with Gasteiger partial charge in [0.2, 0.25) is 0 Å². The predicted molar refractivity (Wildman–Crippen MR) is 63.2 cm³/mol. The first-order valence-electron chi connectivity index (χ1n) is 5.30. The molecule has 0 aliphatic heterocycles. The fraction of sp³-hybridized carbons (Fsp3) is 0.417. The lowest BCUT2D eigenvalue weighted by atomic mass is 10.0. The lowest BCUT2D eigenvalue weighted by molar-refractivity contribution is 0.230. The van der Waals surface area contributed by atoms with Gasteiger partial charge in [-0.1, -0.05) is 13.8 Å². The van der Waals surface area contributed by atoms with Crippen LogP contribution in [-0.2, 0) is 0 Å². The third-order valence-electron chi connectivity index (χ3n) is 2.35. The normalized spacial score (nSPS) is 10.5. The van der Waals surface area contributed by atoms with Crippen molar-refractivity contribution in [3.63, 3.8) is 0 Å². The maximum atomic E-state index is 13.6. The van der Waals surface area contributed by atoms with E-state index in [4.69, 9.17) is 0 Å². The molecule has 2 amide bonds. The molecule has 17 heavy (non-hydrogen) atoms. The highest BCUT2D eigenvalue weighted by Gasteiger charge is 2.16. The Kier molecular flexibility index (Phi) is 4.04. The van der Waals surface area contributed by atoms with Crippen molar-refractivity contribution in [2.24, 2.45) is 0 Å². The number of halogens is 2. The summed E-state index contributed by atoms with van der Waals surface area (Å²) in [6, 6.07) is 1.55. The summed E-state index contributed by atoms with van der Waals surface area (Å²) in [6.07, 6.45) is 0. The number of urea groups is 1. The summed E-state index contributed by atoms with van der Waals surface area (Å²) in [5, 5.41) is 2.43. The summed E-state index contributed by atoms with van der Waals surface area (Å²) >= 11 is 0. The van der Waals surface area contributed by atoms with Gasteiger partial charge in [-0.05, 0) is 17.5 Å². The molecule has 0 fully saturated rings. The van der Waals surface area contributed by atoms with Gasteiger partial charge in [-0.15, -0.1) is 0 Å². The number of nitrogens with one attached hydrogen (secondary N) is 1. The summed E-state index contributed by atoms with van der Waals surface area (Å²) in [5.74, 6) is -1.49. The van der Waals surface area contributed by atoms with E-state index in [1.807, 2.05) is 0 Å². The average Bonchev–Trinajstić information content (AvgIpc) is 2.20. The van der Waals surface area contributed by atoms with Gasteiger partial charge in [0.15, 0.2) is 0 Å². The van der Waals surface area contributed by atoms with Gasteiger partial charge in [-0.3, -0.25) is 0 Å². The molecule has 0 saturated carbocycles. The Bertz CT molecular complexity index is 431. The minimum Gasteiger partial charge on any atom is -0.331 e. The second-order valence-electron chi connectivity index (χ2n) is 4.33. The third kappa shape index (κ3) is 3.15. The minimum atomic E-state index is -0.760. The van der Waals surface area contributed by atoms with E-state index in [0.29, 0.717) is 5.56 Å². The number of amides is 2. The maximum Gasteiger partial charge on any atom is 0.321 e.